The molecule has 1 amide bonds. The maximum Gasteiger partial charge on any atom is 0.230 e. The van der Waals surface area contributed by atoms with Gasteiger partial charge in [-0.2, -0.15) is 0 Å². The summed E-state index contributed by atoms with van der Waals surface area (Å²) in [5, 5.41) is 2.31. The van der Waals surface area contributed by atoms with Crippen molar-refractivity contribution in [2.45, 2.75) is 6.92 Å². The normalized spacial score (nSPS) is 12.2. The first-order valence-electron chi connectivity index (χ1n) is 2.31. The van der Waals surface area contributed by atoms with E-state index >= 15 is 0 Å². The molecule has 1 unspecified atom stereocenters. The van der Waals surface area contributed by atoms with Crippen LogP contribution < -0.4 is 5.32 Å². The van der Waals surface area contributed by atoms with Crippen molar-refractivity contribution < 1.29 is 9.59 Å². The van der Waals surface area contributed by atoms with Gasteiger partial charge in [0, 0.05) is 7.05 Å². The molecule has 0 aliphatic heterocycles. The highest BCUT2D eigenvalue weighted by Crippen LogP contribution is 1.85. The van der Waals surface area contributed by atoms with E-state index in [-0.39, 0.29) is 5.91 Å². The van der Waals surface area contributed by atoms with Crippen LogP contribution in [-0.2, 0) is 9.59 Å². The topological polar surface area (TPSA) is 46.2 Å². The molecule has 0 spiro atoms. The van der Waals surface area contributed by atoms with Gasteiger partial charge in [-0.3, -0.25) is 9.59 Å². The van der Waals surface area contributed by atoms with Gasteiger partial charge in [-0.15, -0.1) is 0 Å². The number of rotatable bonds is 2. The van der Waals surface area contributed by atoms with E-state index < -0.39 is 5.92 Å². The molecule has 3 nitrogen and oxygen atoms in total. The molecule has 3 heteroatoms. The number of amides is 1. The van der Waals surface area contributed by atoms with Crippen LogP contribution in [0.3, 0.4) is 0 Å². The third-order valence-electron chi connectivity index (χ3n) is 0.816. The Labute approximate surface area is 48.1 Å². The predicted molar refractivity (Wildman–Crippen MR) is 28.9 cm³/mol. The van der Waals surface area contributed by atoms with E-state index in [0.29, 0.717) is 0 Å². The summed E-state index contributed by atoms with van der Waals surface area (Å²) in [6, 6.07) is 0. The highest BCUT2D eigenvalue weighted by molar-refractivity contribution is 5.91. The second-order valence-electron chi connectivity index (χ2n) is 1.45. The SMILES string of the molecule is CNC(=O)C(C)[C]=O. The minimum absolute atomic E-state index is 0.292. The second-order valence-corrected chi connectivity index (χ2v) is 1.45. The van der Waals surface area contributed by atoms with Gasteiger partial charge in [0.15, 0.2) is 0 Å². The Morgan fingerprint density at radius 1 is 1.75 bits per heavy atom. The minimum Gasteiger partial charge on any atom is -0.359 e. The number of carbonyl (C=O) groups excluding carboxylic acids is 2. The molecular formula is C5H8NO2. The van der Waals surface area contributed by atoms with E-state index in [1.807, 2.05) is 0 Å². The Hall–Kier alpha value is -0.860. The van der Waals surface area contributed by atoms with E-state index in [0.717, 1.165) is 0 Å². The molecule has 0 aliphatic carbocycles. The van der Waals surface area contributed by atoms with E-state index in [2.05, 4.69) is 5.32 Å². The van der Waals surface area contributed by atoms with Crippen molar-refractivity contribution in [2.75, 3.05) is 7.05 Å². The van der Waals surface area contributed by atoms with Gasteiger partial charge in [0.2, 0.25) is 12.2 Å². The van der Waals surface area contributed by atoms with Crippen molar-refractivity contribution in [3.8, 4) is 0 Å². The maximum absolute atomic E-state index is 10.4. The zero-order valence-corrected chi connectivity index (χ0v) is 4.89. The quantitative estimate of drug-likeness (QED) is 0.491. The van der Waals surface area contributed by atoms with E-state index in [1.165, 1.54) is 14.0 Å². The average Bonchev–Trinajstić information content (AvgIpc) is 1.84. The number of hydrogen-bond acceptors (Lipinski definition) is 2. The van der Waals surface area contributed by atoms with Gasteiger partial charge in [-0.1, -0.05) is 0 Å². The monoisotopic (exact) mass is 114 g/mol. The summed E-state index contributed by atoms with van der Waals surface area (Å²) < 4.78 is 0. The van der Waals surface area contributed by atoms with Crippen molar-refractivity contribution in [1.29, 1.82) is 0 Å². The Morgan fingerprint density at radius 3 is 2.38 bits per heavy atom. The smallest absolute Gasteiger partial charge is 0.230 e. The third kappa shape index (κ3) is 1.73. The number of hydrogen-bond donors (Lipinski definition) is 1. The summed E-state index contributed by atoms with van der Waals surface area (Å²) in [5.74, 6) is -0.931. The summed E-state index contributed by atoms with van der Waals surface area (Å²) >= 11 is 0. The Balaban J connectivity index is 3.62. The second kappa shape index (κ2) is 3.18. The van der Waals surface area contributed by atoms with Gasteiger partial charge in [-0.25, -0.2) is 0 Å². The number of nitrogens with one attached hydrogen (secondary N) is 1. The molecule has 45 valence electrons. The van der Waals surface area contributed by atoms with Crippen LogP contribution in [0.1, 0.15) is 6.92 Å². The maximum atomic E-state index is 10.4. The summed E-state index contributed by atoms with van der Waals surface area (Å²) in [6.45, 7) is 1.49. The lowest BCUT2D eigenvalue weighted by molar-refractivity contribution is -0.122. The molecule has 0 aliphatic rings. The van der Waals surface area contributed by atoms with Gasteiger partial charge >= 0.3 is 0 Å². The molecule has 0 saturated heterocycles. The van der Waals surface area contributed by atoms with Crippen LogP contribution in [0.2, 0.25) is 0 Å². The Kier molecular flexibility index (Phi) is 2.84. The van der Waals surface area contributed by atoms with Crippen LogP contribution in [0.15, 0.2) is 0 Å². The van der Waals surface area contributed by atoms with Crippen LogP contribution in [0.4, 0.5) is 0 Å². The standard InChI is InChI=1S/C5H8NO2/c1-4(3-7)5(8)6-2/h4H,1-2H3,(H,6,8). The summed E-state index contributed by atoms with van der Waals surface area (Å²) in [7, 11) is 1.48. The molecule has 0 bridgehead atoms. The van der Waals surface area contributed by atoms with Crippen molar-refractivity contribution >= 4 is 12.2 Å². The first-order chi connectivity index (χ1) is 3.72. The van der Waals surface area contributed by atoms with Crippen LogP contribution in [0, 0.1) is 5.92 Å². The molecule has 0 fully saturated rings. The molecule has 0 aromatic rings. The molecule has 0 aromatic heterocycles. The van der Waals surface area contributed by atoms with Crippen LogP contribution >= 0.6 is 0 Å². The lowest BCUT2D eigenvalue weighted by Crippen LogP contribution is -2.25. The van der Waals surface area contributed by atoms with Crippen molar-refractivity contribution in [2.24, 2.45) is 5.92 Å². The summed E-state index contributed by atoms with van der Waals surface area (Å²) in [4.78, 5) is 20.1. The lowest BCUT2D eigenvalue weighted by atomic mass is 10.2. The van der Waals surface area contributed by atoms with Crippen molar-refractivity contribution in [3.63, 3.8) is 0 Å². The van der Waals surface area contributed by atoms with Gasteiger partial charge in [0.05, 0.1) is 0 Å². The van der Waals surface area contributed by atoms with E-state index in [4.69, 9.17) is 0 Å². The largest absolute Gasteiger partial charge is 0.359 e. The highest BCUT2D eigenvalue weighted by Gasteiger charge is 2.08. The molecular weight excluding hydrogens is 106 g/mol. The van der Waals surface area contributed by atoms with Gasteiger partial charge in [0.25, 0.3) is 0 Å². The van der Waals surface area contributed by atoms with Crippen LogP contribution in [-0.4, -0.2) is 19.2 Å². The van der Waals surface area contributed by atoms with E-state index in [9.17, 15) is 9.59 Å². The van der Waals surface area contributed by atoms with Gasteiger partial charge < -0.3 is 5.32 Å². The van der Waals surface area contributed by atoms with Crippen LogP contribution in [0.5, 0.6) is 0 Å². The Bertz CT molecular complexity index is 101. The fourth-order valence-corrected chi connectivity index (χ4v) is 0.270. The molecule has 1 N–H and O–H groups in total. The van der Waals surface area contributed by atoms with Crippen molar-refractivity contribution in [1.82, 2.24) is 5.32 Å². The Morgan fingerprint density at radius 2 is 2.25 bits per heavy atom. The highest BCUT2D eigenvalue weighted by atomic mass is 16.2. The first kappa shape index (κ1) is 7.14. The molecule has 1 atom stereocenters. The fourth-order valence-electron chi connectivity index (χ4n) is 0.270. The predicted octanol–water partition coefficient (Wildman–Crippen LogP) is -0.522. The molecule has 0 heterocycles. The molecule has 0 aromatic carbocycles. The minimum atomic E-state index is -0.639. The van der Waals surface area contributed by atoms with Crippen LogP contribution in [0.25, 0.3) is 0 Å². The van der Waals surface area contributed by atoms with E-state index in [1.54, 1.807) is 6.29 Å². The fraction of sp³-hybridized carbons (Fsp3) is 0.600. The zero-order chi connectivity index (χ0) is 6.57. The lowest BCUT2D eigenvalue weighted by Gasteiger charge is -1.96. The van der Waals surface area contributed by atoms with Gasteiger partial charge in [-0.05, 0) is 6.92 Å². The van der Waals surface area contributed by atoms with Crippen molar-refractivity contribution in [3.05, 3.63) is 0 Å². The molecule has 8 heavy (non-hydrogen) atoms. The van der Waals surface area contributed by atoms with Gasteiger partial charge in [0.1, 0.15) is 5.92 Å². The molecule has 0 rings (SSSR count). The molecule has 0 saturated carbocycles. The average molecular weight is 114 g/mol. The molecule has 1 radical (unpaired) electrons. The first-order valence-corrected chi connectivity index (χ1v) is 2.31. The third-order valence-corrected chi connectivity index (χ3v) is 0.816. The zero-order valence-electron chi connectivity index (χ0n) is 4.89. The summed E-state index contributed by atoms with van der Waals surface area (Å²) in [5.41, 5.74) is 0. The number of carbonyl (C=O) groups is 1. The summed E-state index contributed by atoms with van der Waals surface area (Å²) in [6.07, 6.45) is 1.55.